The lowest BCUT2D eigenvalue weighted by Crippen LogP contribution is -1.96. The van der Waals surface area contributed by atoms with Crippen molar-refractivity contribution in [3.05, 3.63) is 58.3 Å². The van der Waals surface area contributed by atoms with Gasteiger partial charge in [0.05, 0.1) is 29.6 Å². The Kier molecular flexibility index (Phi) is 5.79. The molecular weight excluding hydrogens is 411 g/mol. The van der Waals surface area contributed by atoms with Crippen LogP contribution in [0.3, 0.4) is 0 Å². The number of fused-ring (bicyclic) bond motifs is 1. The quantitative estimate of drug-likeness (QED) is 0.323. The summed E-state index contributed by atoms with van der Waals surface area (Å²) in [6.07, 6.45) is 3.14. The molecule has 0 unspecified atom stereocenters. The highest BCUT2D eigenvalue weighted by atomic mass is 32.1. The van der Waals surface area contributed by atoms with Gasteiger partial charge in [0, 0.05) is 26.9 Å². The highest BCUT2D eigenvalue weighted by Gasteiger charge is 2.20. The lowest BCUT2D eigenvalue weighted by molar-refractivity contribution is 0.284. The fraction of sp³-hybridized carbons (Fsp3) is 0.150. The molecule has 0 bridgehead atoms. The van der Waals surface area contributed by atoms with Crippen LogP contribution < -0.4 is 10.2 Å². The SMILES string of the molecule is CCOc1cc(F)ccc1-c1sc2c(NN=Cc3cccs3)ncnc2c1CO. The fourth-order valence-electron chi connectivity index (χ4n) is 2.88. The van der Waals surface area contributed by atoms with E-state index >= 15 is 0 Å². The van der Waals surface area contributed by atoms with Gasteiger partial charge in [-0.2, -0.15) is 5.10 Å². The van der Waals surface area contributed by atoms with E-state index in [0.717, 1.165) is 14.5 Å². The van der Waals surface area contributed by atoms with E-state index in [1.807, 2.05) is 24.4 Å². The van der Waals surface area contributed by atoms with Crippen molar-refractivity contribution in [2.24, 2.45) is 5.10 Å². The van der Waals surface area contributed by atoms with Gasteiger partial charge in [0.1, 0.15) is 17.9 Å². The molecule has 0 saturated carbocycles. The number of nitrogens with zero attached hydrogens (tertiary/aromatic N) is 3. The first-order valence-corrected chi connectivity index (χ1v) is 10.5. The number of nitrogens with one attached hydrogen (secondary N) is 1. The molecule has 148 valence electrons. The molecule has 0 spiro atoms. The van der Waals surface area contributed by atoms with E-state index in [1.54, 1.807) is 23.6 Å². The zero-order valence-electron chi connectivity index (χ0n) is 15.4. The molecule has 3 heterocycles. The Morgan fingerprint density at radius 2 is 2.21 bits per heavy atom. The number of anilines is 1. The fourth-order valence-corrected chi connectivity index (χ4v) is 4.70. The van der Waals surface area contributed by atoms with Crippen LogP contribution in [0, 0.1) is 5.82 Å². The summed E-state index contributed by atoms with van der Waals surface area (Å²) in [6, 6.07) is 8.29. The number of aromatic nitrogens is 2. The smallest absolute Gasteiger partial charge is 0.167 e. The van der Waals surface area contributed by atoms with Crippen molar-refractivity contribution in [3.8, 4) is 16.2 Å². The second-order valence-electron chi connectivity index (χ2n) is 5.93. The van der Waals surface area contributed by atoms with Crippen LogP contribution in [0.4, 0.5) is 10.2 Å². The Morgan fingerprint density at radius 3 is 2.97 bits per heavy atom. The summed E-state index contributed by atoms with van der Waals surface area (Å²) in [7, 11) is 0. The lowest BCUT2D eigenvalue weighted by Gasteiger charge is -2.10. The lowest BCUT2D eigenvalue weighted by atomic mass is 10.1. The van der Waals surface area contributed by atoms with Crippen molar-refractivity contribution in [1.29, 1.82) is 0 Å². The van der Waals surface area contributed by atoms with Gasteiger partial charge < -0.3 is 9.84 Å². The van der Waals surface area contributed by atoms with Gasteiger partial charge in [-0.25, -0.2) is 14.4 Å². The molecule has 4 aromatic rings. The summed E-state index contributed by atoms with van der Waals surface area (Å²) in [5.74, 6) is 0.578. The van der Waals surface area contributed by atoms with E-state index in [0.29, 0.717) is 34.8 Å². The number of hydrazone groups is 1. The number of aliphatic hydroxyl groups excluding tert-OH is 1. The Bertz CT molecular complexity index is 1160. The predicted octanol–water partition coefficient (Wildman–Crippen LogP) is 4.90. The maximum absolute atomic E-state index is 13.7. The van der Waals surface area contributed by atoms with Crippen molar-refractivity contribution in [3.63, 3.8) is 0 Å². The average Bonchev–Trinajstić information content (AvgIpc) is 3.36. The van der Waals surface area contributed by atoms with Crippen molar-refractivity contribution in [2.45, 2.75) is 13.5 Å². The maximum Gasteiger partial charge on any atom is 0.167 e. The first-order valence-electron chi connectivity index (χ1n) is 8.83. The molecule has 4 rings (SSSR count). The summed E-state index contributed by atoms with van der Waals surface area (Å²) in [5.41, 5.74) is 4.93. The maximum atomic E-state index is 13.7. The highest BCUT2D eigenvalue weighted by Crippen LogP contribution is 2.43. The first kappa shape index (κ1) is 19.4. The Labute approximate surface area is 174 Å². The van der Waals surface area contributed by atoms with Crippen molar-refractivity contribution in [1.82, 2.24) is 9.97 Å². The van der Waals surface area contributed by atoms with Gasteiger partial charge in [0.15, 0.2) is 5.82 Å². The summed E-state index contributed by atoms with van der Waals surface area (Å²) >= 11 is 2.98. The molecule has 0 aliphatic carbocycles. The van der Waals surface area contributed by atoms with Crippen LogP contribution in [0.15, 0.2) is 47.1 Å². The molecule has 0 fully saturated rings. The molecule has 0 aliphatic heterocycles. The number of benzene rings is 1. The minimum atomic E-state index is -0.381. The number of thiophene rings is 2. The predicted molar refractivity (Wildman–Crippen MR) is 115 cm³/mol. The van der Waals surface area contributed by atoms with Crippen molar-refractivity contribution in [2.75, 3.05) is 12.0 Å². The third kappa shape index (κ3) is 3.98. The van der Waals surface area contributed by atoms with E-state index in [9.17, 15) is 9.50 Å². The van der Waals surface area contributed by atoms with Crippen LogP contribution in [0.25, 0.3) is 20.7 Å². The Morgan fingerprint density at radius 1 is 1.31 bits per heavy atom. The molecule has 0 amide bonds. The van der Waals surface area contributed by atoms with Crippen molar-refractivity contribution < 1.29 is 14.2 Å². The molecule has 2 N–H and O–H groups in total. The molecule has 0 atom stereocenters. The van der Waals surface area contributed by atoms with Crippen LogP contribution in [-0.4, -0.2) is 27.9 Å². The number of hydrogen-bond acceptors (Lipinski definition) is 8. The van der Waals surface area contributed by atoms with Gasteiger partial charge in [-0.1, -0.05) is 6.07 Å². The van der Waals surface area contributed by atoms with E-state index in [-0.39, 0.29) is 12.4 Å². The van der Waals surface area contributed by atoms with Crippen LogP contribution >= 0.6 is 22.7 Å². The molecule has 1 aromatic carbocycles. The largest absolute Gasteiger partial charge is 0.493 e. The zero-order chi connectivity index (χ0) is 20.2. The topological polar surface area (TPSA) is 79.6 Å². The average molecular weight is 429 g/mol. The van der Waals surface area contributed by atoms with Gasteiger partial charge >= 0.3 is 0 Å². The number of halogens is 1. The number of rotatable bonds is 7. The summed E-state index contributed by atoms with van der Waals surface area (Å²) < 4.78 is 20.1. The normalized spacial score (nSPS) is 11.4. The molecule has 9 heteroatoms. The van der Waals surface area contributed by atoms with E-state index in [4.69, 9.17) is 4.74 Å². The van der Waals surface area contributed by atoms with E-state index < -0.39 is 0 Å². The second-order valence-corrected chi connectivity index (χ2v) is 7.93. The van der Waals surface area contributed by atoms with Gasteiger partial charge in [-0.05, 0) is 30.5 Å². The molecule has 0 aliphatic rings. The van der Waals surface area contributed by atoms with Gasteiger partial charge in [-0.3, -0.25) is 5.43 Å². The Hall–Kier alpha value is -2.88. The highest BCUT2D eigenvalue weighted by molar-refractivity contribution is 7.23. The minimum Gasteiger partial charge on any atom is -0.493 e. The molecule has 6 nitrogen and oxygen atoms in total. The van der Waals surface area contributed by atoms with Crippen LogP contribution in [0.1, 0.15) is 17.4 Å². The number of hydrogen-bond donors (Lipinski definition) is 2. The molecule has 3 aromatic heterocycles. The monoisotopic (exact) mass is 428 g/mol. The van der Waals surface area contributed by atoms with Gasteiger partial charge in [0.2, 0.25) is 0 Å². The molecule has 0 radical (unpaired) electrons. The summed E-state index contributed by atoms with van der Waals surface area (Å²) in [4.78, 5) is 10.4. The minimum absolute atomic E-state index is 0.215. The standard InChI is InChI=1S/C20H17FN4O2S2/c1-2-27-16-8-12(21)5-6-14(16)18-15(10-26)17-19(29-18)20(23-11-22-17)25-24-9-13-4-3-7-28-13/h3-9,11,26H,2,10H2,1H3,(H,22,23,25). The molecule has 29 heavy (non-hydrogen) atoms. The van der Waals surface area contributed by atoms with Crippen LogP contribution in [-0.2, 0) is 6.61 Å². The van der Waals surface area contributed by atoms with Crippen LogP contribution in [0.5, 0.6) is 5.75 Å². The summed E-state index contributed by atoms with van der Waals surface area (Å²) in [6.45, 7) is 2.03. The number of ether oxygens (including phenoxy) is 1. The third-order valence-corrected chi connectivity index (χ3v) is 6.19. The van der Waals surface area contributed by atoms with Gasteiger partial charge in [0.25, 0.3) is 0 Å². The Balaban J connectivity index is 1.78. The number of aliphatic hydroxyl groups is 1. The van der Waals surface area contributed by atoms with E-state index in [1.165, 1.54) is 29.8 Å². The van der Waals surface area contributed by atoms with Crippen molar-refractivity contribution >= 4 is 44.9 Å². The molecule has 0 saturated heterocycles. The molecular formula is C20H17FN4O2S2. The van der Waals surface area contributed by atoms with Crippen LogP contribution in [0.2, 0.25) is 0 Å². The van der Waals surface area contributed by atoms with E-state index in [2.05, 4.69) is 20.5 Å². The third-order valence-electron chi connectivity index (χ3n) is 4.12. The summed E-state index contributed by atoms with van der Waals surface area (Å²) in [5, 5.41) is 16.2. The first-order chi connectivity index (χ1) is 14.2. The van der Waals surface area contributed by atoms with Gasteiger partial charge in [-0.15, -0.1) is 22.7 Å². The second kappa shape index (κ2) is 8.64. The zero-order valence-corrected chi connectivity index (χ0v) is 17.1.